The molecule has 0 N–H and O–H groups in total. The van der Waals surface area contributed by atoms with E-state index in [-0.39, 0.29) is 0 Å². The van der Waals surface area contributed by atoms with Gasteiger partial charge in [0.2, 0.25) is 0 Å². The van der Waals surface area contributed by atoms with Crippen molar-refractivity contribution in [2.45, 2.75) is 0 Å². The number of rotatable bonds is 2. The van der Waals surface area contributed by atoms with Gasteiger partial charge in [-0.15, -0.1) is 22.7 Å². The Kier molecular flexibility index (Phi) is 4.74. The van der Waals surface area contributed by atoms with E-state index < -0.39 is 0 Å². The highest BCUT2D eigenvalue weighted by Crippen LogP contribution is 2.47. The third kappa shape index (κ3) is 3.16. The molecule has 0 amide bonds. The zero-order valence-corrected chi connectivity index (χ0v) is 23.4. The summed E-state index contributed by atoms with van der Waals surface area (Å²) in [7, 11) is 0. The highest BCUT2D eigenvalue weighted by atomic mass is 32.1. The maximum atomic E-state index is 9.59. The number of hydrogen-bond donors (Lipinski definition) is 0. The molecular weight excluding hydrogens is 537 g/mol. The van der Waals surface area contributed by atoms with Crippen molar-refractivity contribution in [3.05, 3.63) is 127 Å². The Bertz CT molecular complexity index is 2550. The molecule has 0 unspecified atom stereocenters. The molecular formula is C37H20N2S2. The van der Waals surface area contributed by atoms with Crippen LogP contribution in [0.15, 0.2) is 121 Å². The fourth-order valence-electron chi connectivity index (χ4n) is 6.49. The van der Waals surface area contributed by atoms with Gasteiger partial charge in [-0.1, -0.05) is 78.9 Å². The van der Waals surface area contributed by atoms with E-state index in [9.17, 15) is 5.26 Å². The van der Waals surface area contributed by atoms with Crippen LogP contribution in [0.25, 0.3) is 79.0 Å². The molecule has 9 rings (SSSR count). The number of fused-ring (bicyclic) bond motifs is 9. The minimum absolute atomic E-state index is 0.681. The molecule has 0 saturated carbocycles. The van der Waals surface area contributed by atoms with E-state index in [0.29, 0.717) is 5.56 Å². The molecule has 3 heterocycles. The van der Waals surface area contributed by atoms with Crippen molar-refractivity contribution < 1.29 is 0 Å². The summed E-state index contributed by atoms with van der Waals surface area (Å²) in [6, 6.07) is 45.7. The molecule has 3 aromatic heterocycles. The molecule has 0 spiro atoms. The lowest BCUT2D eigenvalue weighted by Crippen LogP contribution is -1.93. The van der Waals surface area contributed by atoms with Crippen LogP contribution in [-0.2, 0) is 0 Å². The van der Waals surface area contributed by atoms with Crippen molar-refractivity contribution >= 4 is 84.8 Å². The van der Waals surface area contributed by atoms with E-state index in [1.54, 1.807) is 0 Å². The molecule has 41 heavy (non-hydrogen) atoms. The summed E-state index contributed by atoms with van der Waals surface area (Å²) in [5.41, 5.74) is 6.69. The van der Waals surface area contributed by atoms with E-state index in [1.165, 1.54) is 57.2 Å². The molecule has 0 radical (unpaired) electrons. The smallest absolute Gasteiger partial charge is 0.0991 e. The van der Waals surface area contributed by atoms with Crippen molar-refractivity contribution in [1.29, 1.82) is 5.26 Å². The zero-order valence-electron chi connectivity index (χ0n) is 21.8. The second-order valence-electron chi connectivity index (χ2n) is 10.4. The van der Waals surface area contributed by atoms with Gasteiger partial charge in [-0.2, -0.15) is 5.26 Å². The van der Waals surface area contributed by atoms with E-state index >= 15 is 0 Å². The highest BCUT2D eigenvalue weighted by Gasteiger charge is 2.19. The Balaban J connectivity index is 1.37. The van der Waals surface area contributed by atoms with E-state index in [0.717, 1.165) is 21.8 Å². The van der Waals surface area contributed by atoms with Gasteiger partial charge in [0.05, 0.1) is 33.1 Å². The lowest BCUT2D eigenvalue weighted by Gasteiger charge is -2.10. The number of benzene rings is 6. The van der Waals surface area contributed by atoms with Crippen molar-refractivity contribution in [2.75, 3.05) is 0 Å². The summed E-state index contributed by atoms with van der Waals surface area (Å²) >= 11 is 3.74. The Labute approximate surface area is 243 Å². The molecule has 0 atom stereocenters. The van der Waals surface area contributed by atoms with Crippen LogP contribution in [0.5, 0.6) is 0 Å². The van der Waals surface area contributed by atoms with Crippen LogP contribution in [0.1, 0.15) is 5.56 Å². The average molecular weight is 557 g/mol. The van der Waals surface area contributed by atoms with Crippen LogP contribution in [0.3, 0.4) is 0 Å². The van der Waals surface area contributed by atoms with Crippen LogP contribution < -0.4 is 0 Å². The molecule has 0 aliphatic heterocycles. The standard InChI is InChI=1S/C37H20N2S2/c38-21-22-18-19-31-29(20-22)23-8-1-3-14-30(23)39(31)32-15-6-13-28-35-25(10-7-17-34(35)41-37(28)32)27-12-5-11-26-24-9-2-4-16-33(24)40-36(26)27/h1-20H. The SMILES string of the molecule is N#Cc1ccc2c(c1)c1ccccc1n2-c1cccc2c1sc1cccc(-c3cccc4c3sc3ccccc34)c12. The lowest BCUT2D eigenvalue weighted by molar-refractivity contribution is 1.20. The lowest BCUT2D eigenvalue weighted by atomic mass is 9.98. The first-order valence-corrected chi connectivity index (χ1v) is 15.2. The van der Waals surface area contributed by atoms with Crippen LogP contribution in [0, 0.1) is 11.3 Å². The van der Waals surface area contributed by atoms with Gasteiger partial charge in [0.15, 0.2) is 0 Å². The molecule has 4 heteroatoms. The molecule has 2 nitrogen and oxygen atoms in total. The summed E-state index contributed by atoms with van der Waals surface area (Å²) in [4.78, 5) is 0. The molecule has 190 valence electrons. The number of nitrogens with zero attached hydrogens (tertiary/aromatic N) is 2. The predicted octanol–water partition coefficient (Wildman–Crippen LogP) is 11.1. The van der Waals surface area contributed by atoms with Crippen LogP contribution in [0.2, 0.25) is 0 Å². The van der Waals surface area contributed by atoms with Gasteiger partial charge in [0.1, 0.15) is 0 Å². The Morgan fingerprint density at radius 3 is 2.12 bits per heavy atom. The first-order chi connectivity index (χ1) is 20.3. The van der Waals surface area contributed by atoms with Gasteiger partial charge >= 0.3 is 0 Å². The fourth-order valence-corrected chi connectivity index (χ4v) is 8.96. The van der Waals surface area contributed by atoms with Crippen molar-refractivity contribution in [1.82, 2.24) is 4.57 Å². The third-order valence-corrected chi connectivity index (χ3v) is 10.7. The Morgan fingerprint density at radius 1 is 0.512 bits per heavy atom. The van der Waals surface area contributed by atoms with Crippen molar-refractivity contribution in [2.24, 2.45) is 0 Å². The quantitative estimate of drug-likeness (QED) is 0.208. The molecule has 9 aromatic rings. The molecule has 0 bridgehead atoms. The first-order valence-electron chi connectivity index (χ1n) is 13.6. The molecule has 0 saturated heterocycles. The predicted molar refractivity (Wildman–Crippen MR) is 177 cm³/mol. The van der Waals surface area contributed by atoms with Crippen LogP contribution in [0.4, 0.5) is 0 Å². The number of para-hydroxylation sites is 1. The Morgan fingerprint density at radius 2 is 1.20 bits per heavy atom. The minimum atomic E-state index is 0.681. The second-order valence-corrected chi connectivity index (χ2v) is 12.5. The topological polar surface area (TPSA) is 28.7 Å². The monoisotopic (exact) mass is 556 g/mol. The number of thiophene rings is 2. The van der Waals surface area contributed by atoms with Gasteiger partial charge in [-0.3, -0.25) is 0 Å². The molecule has 0 aliphatic rings. The third-order valence-electron chi connectivity index (χ3n) is 8.24. The number of aromatic nitrogens is 1. The van der Waals surface area contributed by atoms with E-state index in [4.69, 9.17) is 0 Å². The summed E-state index contributed by atoms with van der Waals surface area (Å²) in [5, 5.41) is 17.1. The maximum absolute atomic E-state index is 9.59. The Hall–Kier alpha value is -4.95. The summed E-state index contributed by atoms with van der Waals surface area (Å²) in [6.07, 6.45) is 0. The average Bonchev–Trinajstić information content (AvgIpc) is 3.70. The maximum Gasteiger partial charge on any atom is 0.0991 e. The fraction of sp³-hybridized carbons (Fsp3) is 0. The van der Waals surface area contributed by atoms with E-state index in [1.807, 2.05) is 34.8 Å². The summed E-state index contributed by atoms with van der Waals surface area (Å²) in [5.74, 6) is 0. The van der Waals surface area contributed by atoms with Crippen LogP contribution in [-0.4, -0.2) is 4.57 Å². The summed E-state index contributed by atoms with van der Waals surface area (Å²) in [6.45, 7) is 0. The van der Waals surface area contributed by atoms with Gasteiger partial charge in [0.25, 0.3) is 0 Å². The molecule has 0 aliphatic carbocycles. The van der Waals surface area contributed by atoms with Gasteiger partial charge in [-0.05, 0) is 48.0 Å². The molecule has 6 aromatic carbocycles. The normalized spacial score (nSPS) is 11.9. The van der Waals surface area contributed by atoms with E-state index in [2.05, 4.69) is 120 Å². The van der Waals surface area contributed by atoms with Gasteiger partial charge in [-0.25, -0.2) is 0 Å². The largest absolute Gasteiger partial charge is 0.308 e. The van der Waals surface area contributed by atoms with Gasteiger partial charge < -0.3 is 4.57 Å². The summed E-state index contributed by atoms with van der Waals surface area (Å²) < 4.78 is 7.59. The van der Waals surface area contributed by atoms with Gasteiger partial charge in [0, 0.05) is 52.0 Å². The zero-order chi connectivity index (χ0) is 27.1. The minimum Gasteiger partial charge on any atom is -0.308 e. The van der Waals surface area contributed by atoms with Crippen molar-refractivity contribution in [3.8, 4) is 22.9 Å². The second kappa shape index (κ2) is 8.52. The van der Waals surface area contributed by atoms with Crippen molar-refractivity contribution in [3.63, 3.8) is 0 Å². The highest BCUT2D eigenvalue weighted by molar-refractivity contribution is 7.27. The number of hydrogen-bond acceptors (Lipinski definition) is 3. The van der Waals surface area contributed by atoms with Crippen LogP contribution >= 0.6 is 22.7 Å². The number of nitriles is 1. The molecule has 0 fully saturated rings. The first kappa shape index (κ1) is 22.8.